The normalized spacial score (nSPS) is 13.6. The third-order valence-corrected chi connectivity index (χ3v) is 3.48. The largest absolute Gasteiger partial charge is 0.480 e. The summed E-state index contributed by atoms with van der Waals surface area (Å²) in [6.07, 6.45) is 1.33. The number of carboxylic acids is 1. The minimum absolute atomic E-state index is 0.188. The van der Waals surface area contributed by atoms with Crippen molar-refractivity contribution in [3.05, 3.63) is 24.4 Å². The van der Waals surface area contributed by atoms with Gasteiger partial charge in [0.25, 0.3) is 10.0 Å². The minimum Gasteiger partial charge on any atom is -0.480 e. The lowest BCUT2D eigenvalue weighted by Crippen LogP contribution is -2.44. The Morgan fingerprint density at radius 3 is 2.47 bits per heavy atom. The molecule has 2 N–H and O–H groups in total. The number of carboxylic acid groups (broad SMARTS) is 1. The lowest BCUT2D eigenvalue weighted by molar-refractivity contribution is -0.140. The van der Waals surface area contributed by atoms with E-state index in [4.69, 9.17) is 5.11 Å². The van der Waals surface area contributed by atoms with Crippen LogP contribution >= 0.6 is 0 Å². The second kappa shape index (κ2) is 5.24. The van der Waals surface area contributed by atoms with Gasteiger partial charge in [0.05, 0.1) is 0 Å². The Hall–Kier alpha value is -1.47. The first-order valence-corrected chi connectivity index (χ1v) is 6.49. The number of carbonyl (C=O) groups is 1. The fourth-order valence-corrected chi connectivity index (χ4v) is 2.49. The summed E-state index contributed by atoms with van der Waals surface area (Å²) >= 11 is 0. The Morgan fingerprint density at radius 2 is 2.06 bits per heavy atom. The highest BCUT2D eigenvalue weighted by Gasteiger charge is 2.28. The lowest BCUT2D eigenvalue weighted by Gasteiger charge is -2.17. The van der Waals surface area contributed by atoms with Crippen molar-refractivity contribution in [3.63, 3.8) is 0 Å². The van der Waals surface area contributed by atoms with Crippen molar-refractivity contribution < 1.29 is 18.3 Å². The van der Waals surface area contributed by atoms with Crippen LogP contribution in [0.15, 0.2) is 29.4 Å². The second-order valence-electron chi connectivity index (χ2n) is 3.85. The maximum absolute atomic E-state index is 11.8. The van der Waals surface area contributed by atoms with Crippen molar-refractivity contribution >= 4 is 16.0 Å². The number of aromatic nitrogens is 1. The monoisotopic (exact) mass is 258 g/mol. The summed E-state index contributed by atoms with van der Waals surface area (Å²) < 4.78 is 25.7. The van der Waals surface area contributed by atoms with Gasteiger partial charge in [-0.3, -0.25) is 4.79 Å². The molecule has 1 atom stereocenters. The van der Waals surface area contributed by atoms with E-state index >= 15 is 0 Å². The Morgan fingerprint density at radius 1 is 1.41 bits per heavy atom. The number of hydrogen-bond acceptors (Lipinski definition) is 4. The number of hydrogen-bond donors (Lipinski definition) is 2. The van der Waals surface area contributed by atoms with Gasteiger partial charge in [-0.25, -0.2) is 13.4 Å². The molecule has 6 nitrogen and oxygen atoms in total. The fourth-order valence-electron chi connectivity index (χ4n) is 1.21. The van der Waals surface area contributed by atoms with Crippen LogP contribution in [0.1, 0.15) is 13.8 Å². The summed E-state index contributed by atoms with van der Waals surface area (Å²) in [5.41, 5.74) is 0. The zero-order chi connectivity index (χ0) is 13.1. The van der Waals surface area contributed by atoms with Crippen molar-refractivity contribution in [3.8, 4) is 0 Å². The standard InChI is InChI=1S/C10H14N2O4S/c1-7(2)9(10(13)14)12-17(15,16)8-5-3-4-6-11-8/h3-7,9,12H,1-2H3,(H,13,14)/t9-/m1/s1. The molecule has 0 bridgehead atoms. The molecule has 0 unspecified atom stereocenters. The van der Waals surface area contributed by atoms with Gasteiger partial charge < -0.3 is 5.11 Å². The van der Waals surface area contributed by atoms with E-state index in [1.54, 1.807) is 19.9 Å². The van der Waals surface area contributed by atoms with Crippen LogP contribution in [0.25, 0.3) is 0 Å². The molecule has 0 spiro atoms. The molecule has 0 fully saturated rings. The molecule has 0 radical (unpaired) electrons. The van der Waals surface area contributed by atoms with Gasteiger partial charge in [-0.2, -0.15) is 4.72 Å². The Bertz CT molecular complexity index is 484. The Balaban J connectivity index is 2.97. The highest BCUT2D eigenvalue weighted by molar-refractivity contribution is 7.89. The van der Waals surface area contributed by atoms with Crippen molar-refractivity contribution in [2.75, 3.05) is 0 Å². The fraction of sp³-hybridized carbons (Fsp3) is 0.400. The molecule has 1 aromatic heterocycles. The Labute approximate surface area is 99.7 Å². The summed E-state index contributed by atoms with van der Waals surface area (Å²) in [4.78, 5) is 14.6. The van der Waals surface area contributed by atoms with Crippen LogP contribution in [-0.4, -0.2) is 30.5 Å². The van der Waals surface area contributed by atoms with Crippen molar-refractivity contribution in [2.45, 2.75) is 24.9 Å². The molecule has 0 amide bonds. The lowest BCUT2D eigenvalue weighted by atomic mass is 10.1. The SMILES string of the molecule is CC(C)[C@@H](NS(=O)(=O)c1ccccn1)C(=O)O. The van der Waals surface area contributed by atoms with E-state index in [0.717, 1.165) is 0 Å². The predicted octanol–water partition coefficient (Wildman–Crippen LogP) is 0.469. The summed E-state index contributed by atoms with van der Waals surface area (Å²) in [7, 11) is -3.89. The minimum atomic E-state index is -3.89. The van der Waals surface area contributed by atoms with E-state index in [1.165, 1.54) is 18.3 Å². The van der Waals surface area contributed by atoms with E-state index in [2.05, 4.69) is 9.71 Å². The van der Waals surface area contributed by atoms with Crippen LogP contribution in [0, 0.1) is 5.92 Å². The first kappa shape index (κ1) is 13.6. The van der Waals surface area contributed by atoms with Crippen LogP contribution in [0.3, 0.4) is 0 Å². The highest BCUT2D eigenvalue weighted by Crippen LogP contribution is 2.09. The van der Waals surface area contributed by atoms with Gasteiger partial charge in [0.15, 0.2) is 5.03 Å². The quantitative estimate of drug-likeness (QED) is 0.800. The van der Waals surface area contributed by atoms with Crippen LogP contribution in [0.5, 0.6) is 0 Å². The second-order valence-corrected chi connectivity index (χ2v) is 5.51. The van der Waals surface area contributed by atoms with Gasteiger partial charge in [0.1, 0.15) is 6.04 Å². The summed E-state index contributed by atoms with van der Waals surface area (Å²) in [5.74, 6) is -1.56. The van der Waals surface area contributed by atoms with Gasteiger partial charge >= 0.3 is 5.97 Å². The van der Waals surface area contributed by atoms with Gasteiger partial charge in [0.2, 0.25) is 0 Å². The molecule has 0 aliphatic heterocycles. The molecule has 0 saturated carbocycles. The average molecular weight is 258 g/mol. The number of nitrogens with one attached hydrogen (secondary N) is 1. The maximum Gasteiger partial charge on any atom is 0.322 e. The molecule has 7 heteroatoms. The molecule has 0 saturated heterocycles. The van der Waals surface area contributed by atoms with E-state index in [0.29, 0.717) is 0 Å². The molecule has 0 aliphatic rings. The van der Waals surface area contributed by atoms with Crippen molar-refractivity contribution in [1.29, 1.82) is 0 Å². The molecule has 1 aromatic rings. The van der Waals surface area contributed by atoms with E-state index in [-0.39, 0.29) is 10.9 Å². The van der Waals surface area contributed by atoms with E-state index in [9.17, 15) is 13.2 Å². The maximum atomic E-state index is 11.8. The molecule has 0 aliphatic carbocycles. The number of nitrogens with zero attached hydrogens (tertiary/aromatic N) is 1. The first-order chi connectivity index (χ1) is 7.84. The predicted molar refractivity (Wildman–Crippen MR) is 60.8 cm³/mol. The molecular weight excluding hydrogens is 244 g/mol. The molecule has 17 heavy (non-hydrogen) atoms. The van der Waals surface area contributed by atoms with Gasteiger partial charge in [-0.1, -0.05) is 19.9 Å². The van der Waals surface area contributed by atoms with Gasteiger partial charge in [-0.05, 0) is 18.1 Å². The number of sulfonamides is 1. The molecule has 1 rings (SSSR count). The third kappa shape index (κ3) is 3.50. The summed E-state index contributed by atoms with van der Waals surface area (Å²) in [6.45, 7) is 3.25. The van der Waals surface area contributed by atoms with Crippen molar-refractivity contribution in [1.82, 2.24) is 9.71 Å². The molecule has 0 aromatic carbocycles. The van der Waals surface area contributed by atoms with E-state index in [1.807, 2.05) is 0 Å². The number of pyridine rings is 1. The zero-order valence-corrected chi connectivity index (χ0v) is 10.3. The van der Waals surface area contributed by atoms with Crippen LogP contribution in [0.2, 0.25) is 0 Å². The smallest absolute Gasteiger partial charge is 0.322 e. The first-order valence-electron chi connectivity index (χ1n) is 5.01. The number of rotatable bonds is 5. The zero-order valence-electron chi connectivity index (χ0n) is 9.49. The van der Waals surface area contributed by atoms with Crippen LogP contribution in [-0.2, 0) is 14.8 Å². The molecule has 94 valence electrons. The average Bonchev–Trinajstić information content (AvgIpc) is 2.26. The highest BCUT2D eigenvalue weighted by atomic mass is 32.2. The van der Waals surface area contributed by atoms with E-state index < -0.39 is 22.0 Å². The van der Waals surface area contributed by atoms with Gasteiger partial charge in [0, 0.05) is 6.20 Å². The summed E-state index contributed by atoms with van der Waals surface area (Å²) in [5, 5.41) is 8.72. The van der Waals surface area contributed by atoms with Gasteiger partial charge in [-0.15, -0.1) is 0 Å². The third-order valence-electron chi connectivity index (χ3n) is 2.13. The van der Waals surface area contributed by atoms with Crippen LogP contribution < -0.4 is 4.72 Å². The topological polar surface area (TPSA) is 96.4 Å². The van der Waals surface area contributed by atoms with Crippen LogP contribution in [0.4, 0.5) is 0 Å². The molecular formula is C10H14N2O4S. The summed E-state index contributed by atoms with van der Waals surface area (Å²) in [6, 6.07) is 3.24. The van der Waals surface area contributed by atoms with Crippen molar-refractivity contribution in [2.24, 2.45) is 5.92 Å². The molecule has 1 heterocycles. The number of aliphatic carboxylic acids is 1. The Kier molecular flexibility index (Phi) is 4.19.